The second-order valence-corrected chi connectivity index (χ2v) is 11.3. The van der Waals surface area contributed by atoms with Crippen LogP contribution in [0.3, 0.4) is 0 Å². The van der Waals surface area contributed by atoms with Gasteiger partial charge in [0.2, 0.25) is 20.0 Å². The van der Waals surface area contributed by atoms with Gasteiger partial charge in [-0.05, 0) is 54.1 Å². The maximum atomic E-state index is 13.5. The van der Waals surface area contributed by atoms with Crippen LogP contribution in [0.2, 0.25) is 0 Å². The van der Waals surface area contributed by atoms with E-state index in [9.17, 15) is 16.8 Å². The highest BCUT2D eigenvalue weighted by molar-refractivity contribution is 7.89. The number of pyridine rings is 1. The molecule has 170 valence electrons. The summed E-state index contributed by atoms with van der Waals surface area (Å²) >= 11 is 0. The molecule has 10 heteroatoms. The lowest BCUT2D eigenvalue weighted by atomic mass is 10.2. The highest BCUT2D eigenvalue weighted by atomic mass is 32.2. The first-order chi connectivity index (χ1) is 15.1. The second-order valence-electron chi connectivity index (χ2n) is 7.20. The number of sulfonamides is 2. The Morgan fingerprint density at radius 2 is 1.38 bits per heavy atom. The molecule has 1 aromatic heterocycles. The summed E-state index contributed by atoms with van der Waals surface area (Å²) in [5.41, 5.74) is 1.37. The molecule has 0 spiro atoms. The van der Waals surface area contributed by atoms with Gasteiger partial charge >= 0.3 is 0 Å². The molecule has 0 N–H and O–H groups in total. The molecule has 0 unspecified atom stereocenters. The molecule has 0 saturated heterocycles. The van der Waals surface area contributed by atoms with Crippen molar-refractivity contribution in [2.45, 2.75) is 22.9 Å². The molecular formula is C22H25N3O5S2. The Morgan fingerprint density at radius 3 is 1.88 bits per heavy atom. The van der Waals surface area contributed by atoms with Crippen molar-refractivity contribution in [2.24, 2.45) is 0 Å². The summed E-state index contributed by atoms with van der Waals surface area (Å²) < 4.78 is 59.1. The molecule has 2 aromatic carbocycles. The molecular weight excluding hydrogens is 450 g/mol. The highest BCUT2D eigenvalue weighted by Gasteiger charge is 2.26. The summed E-state index contributed by atoms with van der Waals surface area (Å²) in [5.74, 6) is 0.672. The lowest BCUT2D eigenvalue weighted by molar-refractivity contribution is 0.395. The van der Waals surface area contributed by atoms with Crippen LogP contribution >= 0.6 is 0 Å². The quantitative estimate of drug-likeness (QED) is 0.472. The van der Waals surface area contributed by atoms with Crippen LogP contribution in [0.5, 0.6) is 5.75 Å². The summed E-state index contributed by atoms with van der Waals surface area (Å²) in [6, 6.07) is 17.7. The Kier molecular flexibility index (Phi) is 7.29. The molecule has 0 fully saturated rings. The van der Waals surface area contributed by atoms with Gasteiger partial charge < -0.3 is 4.74 Å². The molecule has 0 aliphatic heterocycles. The van der Waals surface area contributed by atoms with Crippen LogP contribution in [0.1, 0.15) is 11.3 Å². The molecule has 3 aromatic rings. The van der Waals surface area contributed by atoms with Crippen LogP contribution in [0, 0.1) is 0 Å². The van der Waals surface area contributed by atoms with E-state index in [2.05, 4.69) is 4.98 Å². The van der Waals surface area contributed by atoms with Crippen molar-refractivity contribution in [2.75, 3.05) is 21.2 Å². The SMILES string of the molecule is COc1ccc(CN(Cc2ccccn2)S(=O)(=O)c2ccc(S(=O)(=O)N(C)C)cc2)cc1. The largest absolute Gasteiger partial charge is 0.497 e. The third-order valence-corrected chi connectivity index (χ3v) is 8.46. The van der Waals surface area contributed by atoms with Gasteiger partial charge in [-0.1, -0.05) is 18.2 Å². The van der Waals surface area contributed by atoms with E-state index in [0.29, 0.717) is 11.4 Å². The summed E-state index contributed by atoms with van der Waals surface area (Å²) in [5, 5.41) is 0. The number of hydrogen-bond donors (Lipinski definition) is 0. The lowest BCUT2D eigenvalue weighted by Gasteiger charge is -2.22. The van der Waals surface area contributed by atoms with Crippen molar-refractivity contribution < 1.29 is 21.6 Å². The molecule has 0 bridgehead atoms. The Morgan fingerprint density at radius 1 is 0.781 bits per heavy atom. The molecule has 0 aliphatic carbocycles. The van der Waals surface area contributed by atoms with Crippen LogP contribution in [0.15, 0.2) is 82.7 Å². The van der Waals surface area contributed by atoms with Gasteiger partial charge in [-0.3, -0.25) is 4.98 Å². The highest BCUT2D eigenvalue weighted by Crippen LogP contribution is 2.24. The van der Waals surface area contributed by atoms with E-state index in [1.54, 1.807) is 55.8 Å². The monoisotopic (exact) mass is 475 g/mol. The third-order valence-electron chi connectivity index (χ3n) is 4.82. The average molecular weight is 476 g/mol. The lowest BCUT2D eigenvalue weighted by Crippen LogP contribution is -2.30. The predicted octanol–water partition coefficient (Wildman–Crippen LogP) is 2.73. The van der Waals surface area contributed by atoms with Gasteiger partial charge in [0.15, 0.2) is 0 Å². The Balaban J connectivity index is 1.96. The van der Waals surface area contributed by atoms with Crippen molar-refractivity contribution in [3.8, 4) is 5.75 Å². The van der Waals surface area contributed by atoms with E-state index in [4.69, 9.17) is 4.74 Å². The number of benzene rings is 2. The van der Waals surface area contributed by atoms with E-state index in [-0.39, 0.29) is 22.9 Å². The van der Waals surface area contributed by atoms with Crippen molar-refractivity contribution in [1.29, 1.82) is 0 Å². The fourth-order valence-electron chi connectivity index (χ4n) is 2.98. The van der Waals surface area contributed by atoms with E-state index in [1.807, 2.05) is 0 Å². The number of ether oxygens (including phenoxy) is 1. The van der Waals surface area contributed by atoms with Crippen LogP contribution in [-0.2, 0) is 33.1 Å². The normalized spacial score (nSPS) is 12.3. The smallest absolute Gasteiger partial charge is 0.243 e. The van der Waals surface area contributed by atoms with Crippen molar-refractivity contribution >= 4 is 20.0 Å². The molecule has 0 aliphatic rings. The van der Waals surface area contributed by atoms with Gasteiger partial charge in [-0.25, -0.2) is 21.1 Å². The third kappa shape index (κ3) is 5.33. The first kappa shape index (κ1) is 23.9. The average Bonchev–Trinajstić information content (AvgIpc) is 2.79. The van der Waals surface area contributed by atoms with Gasteiger partial charge in [0.1, 0.15) is 5.75 Å². The zero-order valence-electron chi connectivity index (χ0n) is 18.0. The number of nitrogens with zero attached hydrogens (tertiary/aromatic N) is 3. The van der Waals surface area contributed by atoms with E-state index < -0.39 is 20.0 Å². The summed E-state index contributed by atoms with van der Waals surface area (Å²) in [6.07, 6.45) is 1.61. The number of rotatable bonds is 9. The van der Waals surface area contributed by atoms with E-state index in [0.717, 1.165) is 9.87 Å². The van der Waals surface area contributed by atoms with Gasteiger partial charge in [-0.15, -0.1) is 0 Å². The van der Waals surface area contributed by atoms with E-state index in [1.165, 1.54) is 42.7 Å². The maximum absolute atomic E-state index is 13.5. The summed E-state index contributed by atoms with van der Waals surface area (Å²) in [6.45, 7) is 0.174. The van der Waals surface area contributed by atoms with Crippen LogP contribution in [-0.4, -0.2) is 51.6 Å². The summed E-state index contributed by atoms with van der Waals surface area (Å²) in [4.78, 5) is 4.27. The first-order valence-electron chi connectivity index (χ1n) is 9.70. The fraction of sp³-hybridized carbons (Fsp3) is 0.227. The molecule has 32 heavy (non-hydrogen) atoms. The Bertz CT molecular complexity index is 1240. The Labute approximate surface area is 189 Å². The van der Waals surface area contributed by atoms with E-state index >= 15 is 0 Å². The molecule has 0 atom stereocenters. The van der Waals surface area contributed by atoms with Crippen LogP contribution in [0.25, 0.3) is 0 Å². The van der Waals surface area contributed by atoms with Gasteiger partial charge in [0.05, 0.1) is 29.1 Å². The van der Waals surface area contributed by atoms with Gasteiger partial charge in [0.25, 0.3) is 0 Å². The summed E-state index contributed by atoms with van der Waals surface area (Å²) in [7, 11) is -3.20. The minimum atomic E-state index is -3.94. The zero-order chi connectivity index (χ0) is 23.4. The molecule has 0 saturated carbocycles. The van der Waals surface area contributed by atoms with Crippen LogP contribution in [0.4, 0.5) is 0 Å². The standard InChI is InChI=1S/C22H25N3O5S2/c1-24(2)31(26,27)21-11-13-22(14-12-21)32(28,29)25(17-19-6-4-5-15-23-19)16-18-7-9-20(30-3)10-8-18/h4-15H,16-17H2,1-3H3. The van der Waals surface area contributed by atoms with Gasteiger partial charge in [0, 0.05) is 26.8 Å². The van der Waals surface area contributed by atoms with Crippen molar-refractivity contribution in [1.82, 2.24) is 13.6 Å². The fourth-order valence-corrected chi connectivity index (χ4v) is 5.28. The maximum Gasteiger partial charge on any atom is 0.243 e. The minimum absolute atomic E-state index is 0.000325. The molecule has 1 heterocycles. The predicted molar refractivity (Wildman–Crippen MR) is 121 cm³/mol. The number of aromatic nitrogens is 1. The zero-order valence-corrected chi connectivity index (χ0v) is 19.7. The Hall–Kier alpha value is -2.79. The number of hydrogen-bond acceptors (Lipinski definition) is 6. The van der Waals surface area contributed by atoms with Crippen molar-refractivity contribution in [3.05, 3.63) is 84.2 Å². The van der Waals surface area contributed by atoms with Crippen LogP contribution < -0.4 is 4.74 Å². The van der Waals surface area contributed by atoms with Crippen molar-refractivity contribution in [3.63, 3.8) is 0 Å². The minimum Gasteiger partial charge on any atom is -0.497 e. The molecule has 0 radical (unpaired) electrons. The van der Waals surface area contributed by atoms with Gasteiger partial charge in [-0.2, -0.15) is 4.31 Å². The number of methoxy groups -OCH3 is 1. The second kappa shape index (κ2) is 9.78. The molecule has 8 nitrogen and oxygen atoms in total. The first-order valence-corrected chi connectivity index (χ1v) is 12.6. The topological polar surface area (TPSA) is 96.9 Å². The molecule has 3 rings (SSSR count). The molecule has 0 amide bonds.